The maximum atomic E-state index is 12.3. The van der Waals surface area contributed by atoms with Crippen LogP contribution in [0.3, 0.4) is 0 Å². The van der Waals surface area contributed by atoms with Crippen LogP contribution in [0.1, 0.15) is 6.42 Å². The van der Waals surface area contributed by atoms with Gasteiger partial charge in [-0.1, -0.05) is 12.1 Å². The second kappa shape index (κ2) is 6.77. The summed E-state index contributed by atoms with van der Waals surface area (Å²) in [7, 11) is 1.61. The van der Waals surface area contributed by atoms with Gasteiger partial charge in [0.2, 0.25) is 11.8 Å². The first-order chi connectivity index (χ1) is 11.5. The Morgan fingerprint density at radius 1 is 1.33 bits per heavy atom. The fourth-order valence-electron chi connectivity index (χ4n) is 2.60. The summed E-state index contributed by atoms with van der Waals surface area (Å²) in [5.41, 5.74) is 0. The molecule has 2 aliphatic rings. The first-order valence-electron chi connectivity index (χ1n) is 7.75. The number of urea groups is 1. The molecule has 8 nitrogen and oxygen atoms in total. The Morgan fingerprint density at radius 3 is 2.83 bits per heavy atom. The molecule has 1 atom stereocenters. The summed E-state index contributed by atoms with van der Waals surface area (Å²) >= 11 is 0. The highest BCUT2D eigenvalue weighted by Crippen LogP contribution is 2.30. The van der Waals surface area contributed by atoms with Crippen molar-refractivity contribution in [3.8, 4) is 11.5 Å². The molecule has 3 rings (SSSR count). The van der Waals surface area contributed by atoms with E-state index in [4.69, 9.17) is 9.47 Å². The average Bonchev–Trinajstić information content (AvgIpc) is 2.58. The average molecular weight is 333 g/mol. The smallest absolute Gasteiger partial charge is 0.324 e. The van der Waals surface area contributed by atoms with E-state index in [1.165, 1.54) is 4.90 Å². The predicted molar refractivity (Wildman–Crippen MR) is 83.7 cm³/mol. The van der Waals surface area contributed by atoms with E-state index in [1.807, 2.05) is 18.2 Å². The van der Waals surface area contributed by atoms with Gasteiger partial charge in [-0.15, -0.1) is 0 Å². The molecule has 1 aromatic rings. The molecule has 0 radical (unpaired) electrons. The summed E-state index contributed by atoms with van der Waals surface area (Å²) in [6, 6.07) is 6.80. The Bertz CT molecular complexity index is 647. The number of para-hydroxylation sites is 2. The SMILES string of the molecule is CN(C[C@H]1COc2ccccc2O1)C(=O)CN1C(=O)CCNC1=O. The van der Waals surface area contributed by atoms with Gasteiger partial charge < -0.3 is 19.7 Å². The Balaban J connectivity index is 1.55. The van der Waals surface area contributed by atoms with Crippen molar-refractivity contribution < 1.29 is 23.9 Å². The lowest BCUT2D eigenvalue weighted by Gasteiger charge is -2.31. The van der Waals surface area contributed by atoms with Crippen LogP contribution >= 0.6 is 0 Å². The lowest BCUT2D eigenvalue weighted by atomic mass is 10.2. The number of fused-ring (bicyclic) bond motifs is 1. The third kappa shape index (κ3) is 3.42. The van der Waals surface area contributed by atoms with Crippen LogP contribution in [0.15, 0.2) is 24.3 Å². The van der Waals surface area contributed by atoms with Crippen molar-refractivity contribution in [2.45, 2.75) is 12.5 Å². The molecule has 24 heavy (non-hydrogen) atoms. The highest BCUT2D eigenvalue weighted by molar-refractivity contribution is 6.00. The Hall–Kier alpha value is -2.77. The second-order valence-corrected chi connectivity index (χ2v) is 5.73. The first-order valence-corrected chi connectivity index (χ1v) is 7.75. The molecule has 0 aliphatic carbocycles. The third-order valence-corrected chi connectivity index (χ3v) is 3.93. The Labute approximate surface area is 139 Å². The number of benzene rings is 1. The quantitative estimate of drug-likeness (QED) is 0.852. The van der Waals surface area contributed by atoms with E-state index in [2.05, 4.69) is 5.32 Å². The standard InChI is InChI=1S/C16H19N3O5/c1-18(15(21)9-19-14(20)6-7-17-16(19)22)8-11-10-23-12-4-2-3-5-13(12)24-11/h2-5,11H,6-10H2,1H3,(H,17,22)/t11-/m0/s1. The highest BCUT2D eigenvalue weighted by Gasteiger charge is 2.30. The molecule has 2 aliphatic heterocycles. The van der Waals surface area contributed by atoms with Gasteiger partial charge in [0.25, 0.3) is 0 Å². The van der Waals surface area contributed by atoms with Crippen LogP contribution in [0.25, 0.3) is 0 Å². The van der Waals surface area contributed by atoms with Gasteiger partial charge in [-0.2, -0.15) is 0 Å². The van der Waals surface area contributed by atoms with Crippen molar-refractivity contribution in [3.63, 3.8) is 0 Å². The molecule has 0 aromatic heterocycles. The number of likely N-dealkylation sites (N-methyl/N-ethyl adjacent to an activating group) is 1. The summed E-state index contributed by atoms with van der Waals surface area (Å²) in [5.74, 6) is 0.646. The number of carbonyl (C=O) groups is 3. The van der Waals surface area contributed by atoms with Crippen LogP contribution in [0.2, 0.25) is 0 Å². The number of carbonyl (C=O) groups excluding carboxylic acids is 3. The van der Waals surface area contributed by atoms with Gasteiger partial charge in [0, 0.05) is 20.0 Å². The summed E-state index contributed by atoms with van der Waals surface area (Å²) in [6.45, 7) is 0.671. The largest absolute Gasteiger partial charge is 0.486 e. The number of amides is 4. The topological polar surface area (TPSA) is 88.2 Å². The van der Waals surface area contributed by atoms with Crippen molar-refractivity contribution >= 4 is 17.8 Å². The maximum Gasteiger partial charge on any atom is 0.324 e. The number of nitrogens with zero attached hydrogens (tertiary/aromatic N) is 2. The van der Waals surface area contributed by atoms with Gasteiger partial charge in [0.15, 0.2) is 17.6 Å². The number of rotatable bonds is 4. The van der Waals surface area contributed by atoms with Crippen molar-refractivity contribution in [2.75, 3.05) is 33.3 Å². The minimum absolute atomic E-state index is 0.207. The number of imide groups is 1. The van der Waals surface area contributed by atoms with Crippen LogP contribution in [-0.4, -0.2) is 67.0 Å². The zero-order valence-corrected chi connectivity index (χ0v) is 13.4. The minimum Gasteiger partial charge on any atom is -0.486 e. The van der Waals surface area contributed by atoms with E-state index < -0.39 is 6.03 Å². The first kappa shape index (κ1) is 16.1. The van der Waals surface area contributed by atoms with E-state index in [0.717, 1.165) is 4.90 Å². The number of hydrogen-bond acceptors (Lipinski definition) is 5. The van der Waals surface area contributed by atoms with Gasteiger partial charge in [0.1, 0.15) is 13.2 Å². The third-order valence-electron chi connectivity index (χ3n) is 3.93. The maximum absolute atomic E-state index is 12.3. The normalized spacial score (nSPS) is 19.7. The van der Waals surface area contributed by atoms with Crippen molar-refractivity contribution in [2.24, 2.45) is 0 Å². The van der Waals surface area contributed by atoms with Gasteiger partial charge in [-0.3, -0.25) is 14.5 Å². The molecule has 0 spiro atoms. The number of ether oxygens (including phenoxy) is 2. The summed E-state index contributed by atoms with van der Waals surface area (Å²) < 4.78 is 11.4. The monoisotopic (exact) mass is 333 g/mol. The molecule has 1 aromatic carbocycles. The van der Waals surface area contributed by atoms with Crippen LogP contribution in [-0.2, 0) is 9.59 Å². The van der Waals surface area contributed by atoms with Crippen molar-refractivity contribution in [1.82, 2.24) is 15.1 Å². The zero-order valence-electron chi connectivity index (χ0n) is 13.4. The van der Waals surface area contributed by atoms with Crippen molar-refractivity contribution in [3.05, 3.63) is 24.3 Å². The van der Waals surface area contributed by atoms with E-state index in [-0.39, 0.29) is 30.9 Å². The zero-order chi connectivity index (χ0) is 17.1. The summed E-state index contributed by atoms with van der Waals surface area (Å²) in [5, 5.41) is 2.55. The van der Waals surface area contributed by atoms with E-state index >= 15 is 0 Å². The minimum atomic E-state index is -0.529. The molecular formula is C16H19N3O5. The van der Waals surface area contributed by atoms with Crippen molar-refractivity contribution in [1.29, 1.82) is 0 Å². The fraction of sp³-hybridized carbons (Fsp3) is 0.438. The fourth-order valence-corrected chi connectivity index (χ4v) is 2.60. The Morgan fingerprint density at radius 2 is 2.08 bits per heavy atom. The molecule has 1 saturated heterocycles. The lowest BCUT2D eigenvalue weighted by Crippen LogP contribution is -2.54. The molecule has 128 valence electrons. The lowest BCUT2D eigenvalue weighted by molar-refractivity contribution is -0.138. The van der Waals surface area contributed by atoms with Crippen LogP contribution < -0.4 is 14.8 Å². The van der Waals surface area contributed by atoms with Gasteiger partial charge in [-0.05, 0) is 12.1 Å². The molecule has 0 unspecified atom stereocenters. The van der Waals surface area contributed by atoms with Crippen LogP contribution in [0.5, 0.6) is 11.5 Å². The van der Waals surface area contributed by atoms with Gasteiger partial charge in [0.05, 0.1) is 6.54 Å². The summed E-state index contributed by atoms with van der Waals surface area (Å²) in [4.78, 5) is 38.1. The van der Waals surface area contributed by atoms with Crippen LogP contribution in [0.4, 0.5) is 4.79 Å². The molecular weight excluding hydrogens is 314 g/mol. The van der Waals surface area contributed by atoms with Gasteiger partial charge >= 0.3 is 6.03 Å². The second-order valence-electron chi connectivity index (χ2n) is 5.73. The van der Waals surface area contributed by atoms with Crippen LogP contribution in [0, 0.1) is 0 Å². The van der Waals surface area contributed by atoms with Gasteiger partial charge in [-0.25, -0.2) is 4.79 Å². The van der Waals surface area contributed by atoms with E-state index in [0.29, 0.717) is 31.2 Å². The highest BCUT2D eigenvalue weighted by atomic mass is 16.6. The molecule has 1 fully saturated rings. The van der Waals surface area contributed by atoms with E-state index in [9.17, 15) is 14.4 Å². The molecule has 0 bridgehead atoms. The molecule has 2 heterocycles. The molecule has 8 heteroatoms. The molecule has 1 N–H and O–H groups in total. The molecule has 4 amide bonds. The van der Waals surface area contributed by atoms with E-state index in [1.54, 1.807) is 13.1 Å². The number of hydrogen-bond donors (Lipinski definition) is 1. The summed E-state index contributed by atoms with van der Waals surface area (Å²) in [6.07, 6.45) is -0.0984. The Kier molecular flexibility index (Phi) is 4.54. The number of nitrogens with one attached hydrogen (secondary N) is 1. The predicted octanol–water partition coefficient (Wildman–Crippen LogP) is 0.227. The molecule has 0 saturated carbocycles.